The molecule has 2 aromatic heterocycles. The molecule has 0 amide bonds. The fraction of sp³-hybridized carbons (Fsp3) is 0.308. The van der Waals surface area contributed by atoms with E-state index in [-0.39, 0.29) is 11.2 Å². The molecule has 1 atom stereocenters. The van der Waals surface area contributed by atoms with Gasteiger partial charge in [-0.1, -0.05) is 42.2 Å². The van der Waals surface area contributed by atoms with E-state index in [2.05, 4.69) is 16.3 Å². The van der Waals surface area contributed by atoms with Crippen LogP contribution < -0.4 is 0 Å². The first kappa shape index (κ1) is 13.4. The summed E-state index contributed by atoms with van der Waals surface area (Å²) >= 11 is 2.99. The standard InChI is InChI=1S/C13H13N3O2S2/c1-3-9(11(17)18-2)19-12-14-15-13-16(12)8-6-4-5-7-10(8)20-13/h4-7,9H,3H2,1-2H3. The number of ether oxygens (including phenoxy) is 1. The molecule has 0 aliphatic rings. The summed E-state index contributed by atoms with van der Waals surface area (Å²) < 4.78 is 7.97. The summed E-state index contributed by atoms with van der Waals surface area (Å²) in [5.74, 6) is -0.228. The molecule has 2 heterocycles. The highest BCUT2D eigenvalue weighted by Gasteiger charge is 2.22. The van der Waals surface area contributed by atoms with Gasteiger partial charge in [0.1, 0.15) is 5.25 Å². The van der Waals surface area contributed by atoms with Crippen molar-refractivity contribution < 1.29 is 9.53 Å². The van der Waals surface area contributed by atoms with Gasteiger partial charge in [0.05, 0.1) is 17.3 Å². The third-order valence-electron chi connectivity index (χ3n) is 2.99. The average molecular weight is 307 g/mol. The Morgan fingerprint density at radius 3 is 3.00 bits per heavy atom. The van der Waals surface area contributed by atoms with Crippen molar-refractivity contribution >= 4 is 44.2 Å². The number of thioether (sulfide) groups is 1. The Morgan fingerprint density at radius 2 is 2.25 bits per heavy atom. The molecule has 5 nitrogen and oxygen atoms in total. The number of thiazole rings is 1. The molecular weight excluding hydrogens is 294 g/mol. The van der Waals surface area contributed by atoms with Crippen LogP contribution in [0.25, 0.3) is 15.2 Å². The largest absolute Gasteiger partial charge is 0.468 e. The third kappa shape index (κ3) is 2.16. The van der Waals surface area contributed by atoms with Crippen molar-refractivity contribution in [1.82, 2.24) is 14.6 Å². The lowest BCUT2D eigenvalue weighted by Crippen LogP contribution is -2.18. The lowest BCUT2D eigenvalue weighted by atomic mass is 10.3. The van der Waals surface area contributed by atoms with Crippen LogP contribution >= 0.6 is 23.1 Å². The molecule has 0 aliphatic heterocycles. The molecule has 3 aromatic rings. The van der Waals surface area contributed by atoms with Crippen LogP contribution in [0, 0.1) is 0 Å². The smallest absolute Gasteiger partial charge is 0.319 e. The Hall–Kier alpha value is -1.60. The van der Waals surface area contributed by atoms with E-state index in [9.17, 15) is 4.79 Å². The number of aromatic nitrogens is 3. The first-order chi connectivity index (χ1) is 9.74. The highest BCUT2D eigenvalue weighted by Crippen LogP contribution is 2.32. The normalized spacial score (nSPS) is 12.9. The molecule has 1 unspecified atom stereocenters. The van der Waals surface area contributed by atoms with E-state index in [0.29, 0.717) is 6.42 Å². The van der Waals surface area contributed by atoms with Crippen LogP contribution in [0.5, 0.6) is 0 Å². The lowest BCUT2D eigenvalue weighted by Gasteiger charge is -2.09. The Balaban J connectivity index is 2.05. The Labute approximate surface area is 124 Å². The maximum atomic E-state index is 11.7. The van der Waals surface area contributed by atoms with Crippen LogP contribution in [-0.2, 0) is 9.53 Å². The summed E-state index contributed by atoms with van der Waals surface area (Å²) in [6.07, 6.45) is 0.689. The number of hydrogen-bond donors (Lipinski definition) is 0. The predicted molar refractivity (Wildman–Crippen MR) is 80.3 cm³/mol. The van der Waals surface area contributed by atoms with Gasteiger partial charge in [0, 0.05) is 0 Å². The maximum Gasteiger partial charge on any atom is 0.319 e. The van der Waals surface area contributed by atoms with Gasteiger partial charge in [-0.2, -0.15) is 0 Å². The number of rotatable bonds is 4. The zero-order valence-electron chi connectivity index (χ0n) is 11.1. The number of nitrogens with zero attached hydrogens (tertiary/aromatic N) is 3. The minimum absolute atomic E-state index is 0.228. The first-order valence-corrected chi connectivity index (χ1v) is 7.91. The minimum Gasteiger partial charge on any atom is -0.468 e. The summed E-state index contributed by atoms with van der Waals surface area (Å²) in [6, 6.07) is 8.08. The van der Waals surface area contributed by atoms with Crippen LogP contribution in [0.2, 0.25) is 0 Å². The highest BCUT2D eigenvalue weighted by molar-refractivity contribution is 8.00. The number of hydrogen-bond acceptors (Lipinski definition) is 6. The van der Waals surface area contributed by atoms with Crippen molar-refractivity contribution in [3.63, 3.8) is 0 Å². The van der Waals surface area contributed by atoms with E-state index >= 15 is 0 Å². The highest BCUT2D eigenvalue weighted by atomic mass is 32.2. The van der Waals surface area contributed by atoms with Crippen molar-refractivity contribution in [2.75, 3.05) is 7.11 Å². The van der Waals surface area contributed by atoms with Crippen LogP contribution in [0.15, 0.2) is 29.4 Å². The zero-order chi connectivity index (χ0) is 14.1. The number of methoxy groups -OCH3 is 1. The number of carbonyl (C=O) groups excluding carboxylic acids is 1. The van der Waals surface area contributed by atoms with Gasteiger partial charge in [0.15, 0.2) is 5.16 Å². The number of benzene rings is 1. The summed E-state index contributed by atoms with van der Waals surface area (Å²) in [7, 11) is 1.41. The predicted octanol–water partition coefficient (Wildman–Crippen LogP) is 2.99. The van der Waals surface area contributed by atoms with E-state index in [4.69, 9.17) is 4.74 Å². The summed E-state index contributed by atoms with van der Waals surface area (Å²) in [6.45, 7) is 1.96. The molecule has 1 aromatic carbocycles. The van der Waals surface area contributed by atoms with Gasteiger partial charge in [-0.15, -0.1) is 10.2 Å². The van der Waals surface area contributed by atoms with E-state index in [1.807, 2.05) is 29.5 Å². The van der Waals surface area contributed by atoms with E-state index in [0.717, 1.165) is 20.3 Å². The van der Waals surface area contributed by atoms with Crippen LogP contribution in [0.4, 0.5) is 0 Å². The molecule has 20 heavy (non-hydrogen) atoms. The van der Waals surface area contributed by atoms with Crippen LogP contribution in [-0.4, -0.2) is 32.9 Å². The number of carbonyl (C=O) groups is 1. The zero-order valence-corrected chi connectivity index (χ0v) is 12.7. The maximum absolute atomic E-state index is 11.7. The molecule has 104 valence electrons. The van der Waals surface area contributed by atoms with Crippen molar-refractivity contribution in [1.29, 1.82) is 0 Å². The van der Waals surface area contributed by atoms with E-state index < -0.39 is 0 Å². The third-order valence-corrected chi connectivity index (χ3v) is 5.29. The topological polar surface area (TPSA) is 56.5 Å². The first-order valence-electron chi connectivity index (χ1n) is 6.21. The molecule has 3 rings (SSSR count). The molecule has 0 aliphatic carbocycles. The molecule has 7 heteroatoms. The summed E-state index contributed by atoms with van der Waals surface area (Å²) in [5.41, 5.74) is 1.07. The van der Waals surface area contributed by atoms with Gasteiger partial charge < -0.3 is 4.74 Å². The van der Waals surface area contributed by atoms with Crippen molar-refractivity contribution in [3.8, 4) is 0 Å². The number of esters is 1. The Morgan fingerprint density at radius 1 is 1.45 bits per heavy atom. The molecule has 0 bridgehead atoms. The second kappa shape index (κ2) is 5.41. The van der Waals surface area contributed by atoms with Crippen LogP contribution in [0.3, 0.4) is 0 Å². The average Bonchev–Trinajstić information content (AvgIpc) is 3.03. The van der Waals surface area contributed by atoms with Crippen LogP contribution in [0.1, 0.15) is 13.3 Å². The van der Waals surface area contributed by atoms with Gasteiger partial charge in [0.25, 0.3) is 0 Å². The molecule has 0 saturated heterocycles. The Bertz CT molecular complexity index is 765. The van der Waals surface area contributed by atoms with Gasteiger partial charge >= 0.3 is 5.97 Å². The fourth-order valence-electron chi connectivity index (χ4n) is 1.99. The molecule has 0 spiro atoms. The van der Waals surface area contributed by atoms with Gasteiger partial charge in [-0.3, -0.25) is 9.20 Å². The second-order valence-electron chi connectivity index (χ2n) is 4.21. The second-order valence-corrected chi connectivity index (χ2v) is 6.39. The summed E-state index contributed by atoms with van der Waals surface area (Å²) in [4.78, 5) is 12.6. The monoisotopic (exact) mass is 307 g/mol. The van der Waals surface area contributed by atoms with Gasteiger partial charge in [0.2, 0.25) is 4.96 Å². The van der Waals surface area contributed by atoms with Crippen molar-refractivity contribution in [2.45, 2.75) is 23.8 Å². The fourth-order valence-corrected chi connectivity index (χ4v) is 4.00. The SMILES string of the molecule is CCC(Sc1nnc2sc3ccccc3n12)C(=O)OC. The molecule has 0 radical (unpaired) electrons. The Kier molecular flexibility index (Phi) is 3.62. The molecule has 0 N–H and O–H groups in total. The number of para-hydroxylation sites is 1. The molecule has 0 saturated carbocycles. The van der Waals surface area contributed by atoms with Crippen molar-refractivity contribution in [2.24, 2.45) is 0 Å². The van der Waals surface area contributed by atoms with E-state index in [1.165, 1.54) is 18.9 Å². The molecular formula is C13H13N3O2S2. The van der Waals surface area contributed by atoms with Gasteiger partial charge in [-0.25, -0.2) is 0 Å². The lowest BCUT2D eigenvalue weighted by molar-refractivity contribution is -0.140. The minimum atomic E-state index is -0.258. The van der Waals surface area contributed by atoms with Gasteiger partial charge in [-0.05, 0) is 18.6 Å². The molecule has 0 fully saturated rings. The van der Waals surface area contributed by atoms with Crippen molar-refractivity contribution in [3.05, 3.63) is 24.3 Å². The van der Waals surface area contributed by atoms with E-state index in [1.54, 1.807) is 11.3 Å². The number of fused-ring (bicyclic) bond motifs is 3. The summed E-state index contributed by atoms with van der Waals surface area (Å²) in [5, 5.41) is 8.85. The quantitative estimate of drug-likeness (QED) is 0.548.